The molecule has 1 amide bonds. The van der Waals surface area contributed by atoms with Crippen molar-refractivity contribution in [2.75, 3.05) is 16.8 Å². The van der Waals surface area contributed by atoms with Crippen LogP contribution < -0.4 is 10.2 Å². The number of aryl methyl sites for hydroxylation is 2. The minimum Gasteiger partial charge on any atom is -0.447 e. The van der Waals surface area contributed by atoms with Crippen molar-refractivity contribution in [1.29, 1.82) is 0 Å². The van der Waals surface area contributed by atoms with Gasteiger partial charge in [-0.25, -0.2) is 14.7 Å². The first kappa shape index (κ1) is 22.0. The first-order valence-corrected chi connectivity index (χ1v) is 10.9. The molecule has 4 rings (SSSR count). The number of benzene rings is 1. The van der Waals surface area contributed by atoms with Crippen molar-refractivity contribution in [1.82, 2.24) is 24.5 Å². The van der Waals surface area contributed by atoms with E-state index in [4.69, 9.17) is 21.3 Å². The Balaban J connectivity index is 1.62. The quantitative estimate of drug-likeness (QED) is 0.582. The number of nitrogens with one attached hydrogen (secondary N) is 1. The van der Waals surface area contributed by atoms with Crippen molar-refractivity contribution < 1.29 is 9.53 Å². The molecule has 1 saturated heterocycles. The van der Waals surface area contributed by atoms with Crippen LogP contribution in [0.4, 0.5) is 16.7 Å². The maximum Gasteiger partial charge on any atom is 0.417 e. The average Bonchev–Trinajstić information content (AvgIpc) is 3.27. The number of nitrogens with zero attached hydrogens (tertiary/aromatic N) is 6. The highest BCUT2D eigenvalue weighted by atomic mass is 35.5. The lowest BCUT2D eigenvalue weighted by atomic mass is 10.2. The summed E-state index contributed by atoms with van der Waals surface area (Å²) in [5.41, 5.74) is 2.88. The molecule has 2 aromatic heterocycles. The van der Waals surface area contributed by atoms with Crippen LogP contribution in [0.5, 0.6) is 0 Å². The normalized spacial score (nSPS) is 16.9. The number of hydrogen-bond donors (Lipinski definition) is 1. The van der Waals surface area contributed by atoms with Crippen LogP contribution in [0.1, 0.15) is 49.3 Å². The molecule has 168 valence electrons. The zero-order chi connectivity index (χ0) is 23.0. The molecule has 0 bridgehead atoms. The van der Waals surface area contributed by atoms with E-state index in [0.717, 1.165) is 29.3 Å². The summed E-state index contributed by atoms with van der Waals surface area (Å²) in [7, 11) is 0. The second-order valence-electron chi connectivity index (χ2n) is 7.82. The van der Waals surface area contributed by atoms with Crippen LogP contribution in [0.15, 0.2) is 24.3 Å². The van der Waals surface area contributed by atoms with Crippen molar-refractivity contribution in [2.24, 2.45) is 0 Å². The van der Waals surface area contributed by atoms with Gasteiger partial charge in [0.05, 0.1) is 17.8 Å². The molecule has 1 aromatic carbocycles. The van der Waals surface area contributed by atoms with Crippen molar-refractivity contribution in [3.8, 4) is 5.69 Å². The lowest BCUT2D eigenvalue weighted by Gasteiger charge is -2.19. The van der Waals surface area contributed by atoms with Crippen LogP contribution in [0.25, 0.3) is 5.69 Å². The number of ether oxygens (including phenoxy) is 1. The highest BCUT2D eigenvalue weighted by Crippen LogP contribution is 2.27. The molecule has 9 nitrogen and oxygen atoms in total. The van der Waals surface area contributed by atoms with Crippen LogP contribution in [-0.4, -0.2) is 43.2 Å². The predicted molar refractivity (Wildman–Crippen MR) is 123 cm³/mol. The molecule has 0 spiro atoms. The van der Waals surface area contributed by atoms with Gasteiger partial charge in [-0.3, -0.25) is 0 Å². The van der Waals surface area contributed by atoms with E-state index in [1.807, 2.05) is 52.0 Å². The lowest BCUT2D eigenvalue weighted by molar-refractivity contribution is 0.178. The first-order chi connectivity index (χ1) is 15.3. The molecule has 32 heavy (non-hydrogen) atoms. The number of carbonyl (C=O) groups is 1. The van der Waals surface area contributed by atoms with Crippen LogP contribution >= 0.6 is 11.6 Å². The molecule has 10 heteroatoms. The molecular formula is C22H26ClN7O2. The van der Waals surface area contributed by atoms with Crippen molar-refractivity contribution in [3.05, 3.63) is 52.3 Å². The van der Waals surface area contributed by atoms with Crippen molar-refractivity contribution >= 4 is 29.6 Å². The zero-order valence-corrected chi connectivity index (χ0v) is 19.5. The van der Waals surface area contributed by atoms with Gasteiger partial charge in [0.25, 0.3) is 0 Å². The van der Waals surface area contributed by atoms with Gasteiger partial charge in [0.15, 0.2) is 0 Å². The van der Waals surface area contributed by atoms with Crippen LogP contribution in [0.2, 0.25) is 5.02 Å². The van der Waals surface area contributed by atoms with Gasteiger partial charge in [-0.2, -0.15) is 15.0 Å². The molecule has 0 saturated carbocycles. The smallest absolute Gasteiger partial charge is 0.417 e. The van der Waals surface area contributed by atoms with E-state index in [0.29, 0.717) is 29.4 Å². The second-order valence-corrected chi connectivity index (χ2v) is 8.26. The number of cyclic esters (lactones) is 1. The van der Waals surface area contributed by atoms with Gasteiger partial charge in [0.2, 0.25) is 11.9 Å². The Morgan fingerprint density at radius 3 is 2.56 bits per heavy atom. The standard InChI is InChI=1S/C22H26ClN7O2/c1-6-17-11-32-22(31)30(17)21-26-14(4)25-20(28-21)24-12(2)19-13(3)29(15(5)27-19)18-9-7-16(23)8-10-18/h7-10,12,17H,6,11H2,1-5H3,(H,24,25,26,28)/t12-,17-/m0/s1. The van der Waals surface area contributed by atoms with Gasteiger partial charge < -0.3 is 14.6 Å². The van der Waals surface area contributed by atoms with Crippen molar-refractivity contribution in [3.63, 3.8) is 0 Å². The van der Waals surface area contributed by atoms with Gasteiger partial charge >= 0.3 is 6.09 Å². The molecule has 3 aromatic rings. The van der Waals surface area contributed by atoms with E-state index in [2.05, 4.69) is 24.8 Å². The zero-order valence-electron chi connectivity index (χ0n) is 18.8. The Bertz CT molecular complexity index is 1150. The fourth-order valence-electron chi connectivity index (χ4n) is 3.95. The van der Waals surface area contributed by atoms with E-state index >= 15 is 0 Å². The van der Waals surface area contributed by atoms with Crippen LogP contribution in [-0.2, 0) is 4.74 Å². The van der Waals surface area contributed by atoms with Gasteiger partial charge in [-0.1, -0.05) is 18.5 Å². The fourth-order valence-corrected chi connectivity index (χ4v) is 4.08. The Labute approximate surface area is 191 Å². The van der Waals surface area contributed by atoms with E-state index in [1.165, 1.54) is 4.90 Å². The highest BCUT2D eigenvalue weighted by molar-refractivity contribution is 6.30. The SMILES string of the molecule is CC[C@H]1COC(=O)N1c1nc(C)nc(N[C@@H](C)c2nc(C)n(-c3ccc(Cl)cc3)c2C)n1. The second kappa shape index (κ2) is 8.74. The van der Waals surface area contributed by atoms with E-state index < -0.39 is 6.09 Å². The predicted octanol–water partition coefficient (Wildman–Crippen LogP) is 4.54. The average molecular weight is 456 g/mol. The van der Waals surface area contributed by atoms with E-state index in [9.17, 15) is 4.79 Å². The van der Waals surface area contributed by atoms with Gasteiger partial charge in [0, 0.05) is 16.4 Å². The van der Waals surface area contributed by atoms with Crippen molar-refractivity contribution in [2.45, 2.75) is 53.1 Å². The minimum absolute atomic E-state index is 0.0884. The summed E-state index contributed by atoms with van der Waals surface area (Å²) in [4.78, 5) is 31.8. The fraction of sp³-hybridized carbons (Fsp3) is 0.409. The summed E-state index contributed by atoms with van der Waals surface area (Å²) >= 11 is 6.04. The number of carbonyl (C=O) groups excluding carboxylic acids is 1. The summed E-state index contributed by atoms with van der Waals surface area (Å²) < 4.78 is 7.26. The van der Waals surface area contributed by atoms with Crippen LogP contribution in [0.3, 0.4) is 0 Å². The van der Waals surface area contributed by atoms with Gasteiger partial charge in [-0.05, 0) is 58.4 Å². The molecule has 0 aliphatic carbocycles. The van der Waals surface area contributed by atoms with Gasteiger partial charge in [0.1, 0.15) is 18.3 Å². The molecule has 1 aliphatic heterocycles. The minimum atomic E-state index is -0.436. The third-order valence-corrected chi connectivity index (χ3v) is 5.79. The Morgan fingerprint density at radius 1 is 1.16 bits per heavy atom. The molecule has 0 radical (unpaired) electrons. The number of hydrogen-bond acceptors (Lipinski definition) is 7. The van der Waals surface area contributed by atoms with E-state index in [-0.39, 0.29) is 12.1 Å². The molecule has 0 unspecified atom stereocenters. The number of imidazole rings is 1. The largest absolute Gasteiger partial charge is 0.447 e. The Kier molecular flexibility index (Phi) is 6.01. The molecule has 1 N–H and O–H groups in total. The maximum absolute atomic E-state index is 12.2. The lowest BCUT2D eigenvalue weighted by Crippen LogP contribution is -2.34. The topological polar surface area (TPSA) is 98.1 Å². The summed E-state index contributed by atoms with van der Waals surface area (Å²) in [6, 6.07) is 7.39. The third-order valence-electron chi connectivity index (χ3n) is 5.54. The molecular weight excluding hydrogens is 430 g/mol. The number of rotatable bonds is 6. The van der Waals surface area contributed by atoms with E-state index in [1.54, 1.807) is 6.92 Å². The van der Waals surface area contributed by atoms with Gasteiger partial charge in [-0.15, -0.1) is 0 Å². The summed E-state index contributed by atoms with van der Waals surface area (Å²) in [6.45, 7) is 10.1. The Hall–Kier alpha value is -3.20. The number of amides is 1. The number of halogens is 1. The molecule has 2 atom stereocenters. The summed E-state index contributed by atoms with van der Waals surface area (Å²) in [5.74, 6) is 2.05. The maximum atomic E-state index is 12.2. The third kappa shape index (κ3) is 4.12. The summed E-state index contributed by atoms with van der Waals surface area (Å²) in [6.07, 6.45) is 0.311. The Morgan fingerprint density at radius 2 is 1.88 bits per heavy atom. The number of anilines is 2. The number of aromatic nitrogens is 5. The summed E-state index contributed by atoms with van der Waals surface area (Å²) in [5, 5.41) is 4.00. The highest BCUT2D eigenvalue weighted by Gasteiger charge is 2.35. The molecule has 1 aliphatic rings. The first-order valence-electron chi connectivity index (χ1n) is 10.6. The molecule has 1 fully saturated rings. The monoisotopic (exact) mass is 455 g/mol. The molecule has 3 heterocycles. The van der Waals surface area contributed by atoms with Crippen LogP contribution in [0, 0.1) is 20.8 Å².